The largest absolute Gasteiger partial charge is 0.206 e. The Morgan fingerprint density at radius 2 is 1.76 bits per heavy atom. The number of nitriles is 1. The van der Waals surface area contributed by atoms with E-state index in [-0.39, 0.29) is 21.7 Å². The number of rotatable bonds is 1. The lowest BCUT2D eigenvalue weighted by Gasteiger charge is -2.06. The molecule has 0 aliphatic carbocycles. The fourth-order valence-electron chi connectivity index (χ4n) is 1.51. The number of benzene rings is 2. The molecule has 0 fully saturated rings. The van der Waals surface area contributed by atoms with E-state index in [1.54, 1.807) is 0 Å². The van der Waals surface area contributed by atoms with Crippen LogP contribution >= 0.6 is 11.6 Å². The molecule has 0 saturated heterocycles. The van der Waals surface area contributed by atoms with Crippen molar-refractivity contribution in [3.05, 3.63) is 58.6 Å². The van der Waals surface area contributed by atoms with Gasteiger partial charge in [-0.25, -0.2) is 8.78 Å². The monoisotopic (exact) mass is 249 g/mol. The van der Waals surface area contributed by atoms with E-state index in [1.807, 2.05) is 6.07 Å². The molecule has 0 aromatic heterocycles. The number of hydrogen-bond donors (Lipinski definition) is 0. The Hall–Kier alpha value is -1.92. The van der Waals surface area contributed by atoms with Crippen molar-refractivity contribution in [3.8, 4) is 17.2 Å². The zero-order valence-electron chi connectivity index (χ0n) is 8.55. The third kappa shape index (κ3) is 2.13. The van der Waals surface area contributed by atoms with Gasteiger partial charge in [0.15, 0.2) is 0 Å². The molecule has 0 N–H and O–H groups in total. The normalized spacial score (nSPS) is 10.0. The van der Waals surface area contributed by atoms with Crippen LogP contribution in [0.2, 0.25) is 5.02 Å². The highest BCUT2D eigenvalue weighted by Gasteiger charge is 2.12. The Morgan fingerprint density at radius 1 is 1.00 bits per heavy atom. The van der Waals surface area contributed by atoms with Crippen molar-refractivity contribution in [2.75, 3.05) is 0 Å². The van der Waals surface area contributed by atoms with E-state index in [9.17, 15) is 8.78 Å². The highest BCUT2D eigenvalue weighted by Crippen LogP contribution is 2.31. The topological polar surface area (TPSA) is 23.8 Å². The van der Waals surface area contributed by atoms with E-state index < -0.39 is 11.6 Å². The molecule has 0 aliphatic heterocycles. The average Bonchev–Trinajstić information content (AvgIpc) is 2.33. The lowest BCUT2D eigenvalue weighted by atomic mass is 10.0. The molecule has 2 aromatic carbocycles. The van der Waals surface area contributed by atoms with Gasteiger partial charge < -0.3 is 0 Å². The fraction of sp³-hybridized carbons (Fsp3) is 0. The van der Waals surface area contributed by atoms with Crippen LogP contribution in [0.15, 0.2) is 36.4 Å². The maximum atomic E-state index is 13.7. The average molecular weight is 250 g/mol. The van der Waals surface area contributed by atoms with Crippen LogP contribution in [0.25, 0.3) is 11.1 Å². The lowest BCUT2D eigenvalue weighted by molar-refractivity contribution is 0.625. The van der Waals surface area contributed by atoms with Crippen molar-refractivity contribution in [2.24, 2.45) is 0 Å². The van der Waals surface area contributed by atoms with Gasteiger partial charge >= 0.3 is 0 Å². The first kappa shape index (κ1) is 11.6. The molecule has 0 unspecified atom stereocenters. The number of halogens is 3. The molecule has 0 spiro atoms. The summed E-state index contributed by atoms with van der Waals surface area (Å²) < 4.78 is 26.9. The van der Waals surface area contributed by atoms with Crippen LogP contribution < -0.4 is 0 Å². The van der Waals surface area contributed by atoms with E-state index in [0.717, 1.165) is 6.07 Å². The second-order valence-electron chi connectivity index (χ2n) is 3.41. The minimum atomic E-state index is -0.604. The molecule has 4 heteroatoms. The minimum Gasteiger partial charge on any atom is -0.206 e. The summed E-state index contributed by atoms with van der Waals surface area (Å²) >= 11 is 5.77. The molecule has 2 rings (SSSR count). The number of nitrogens with zero attached hydrogens (tertiary/aromatic N) is 1. The van der Waals surface area contributed by atoms with Gasteiger partial charge in [0.1, 0.15) is 11.6 Å². The predicted molar refractivity (Wildman–Crippen MR) is 61.5 cm³/mol. The Morgan fingerprint density at radius 3 is 2.41 bits per heavy atom. The molecule has 0 aliphatic rings. The molecule has 0 atom stereocenters. The van der Waals surface area contributed by atoms with E-state index in [2.05, 4.69) is 0 Å². The van der Waals surface area contributed by atoms with Crippen molar-refractivity contribution in [3.63, 3.8) is 0 Å². The predicted octanol–water partition coefficient (Wildman–Crippen LogP) is 4.16. The highest BCUT2D eigenvalue weighted by atomic mass is 35.5. The summed E-state index contributed by atoms with van der Waals surface area (Å²) in [7, 11) is 0. The van der Waals surface area contributed by atoms with Crippen molar-refractivity contribution in [2.45, 2.75) is 0 Å². The summed E-state index contributed by atoms with van der Waals surface area (Å²) in [5, 5.41) is 8.49. The van der Waals surface area contributed by atoms with Gasteiger partial charge in [0.2, 0.25) is 0 Å². The van der Waals surface area contributed by atoms with Crippen LogP contribution in [-0.4, -0.2) is 0 Å². The summed E-state index contributed by atoms with van der Waals surface area (Å²) in [6.07, 6.45) is 0. The molecule has 2 aromatic rings. The quantitative estimate of drug-likeness (QED) is 0.745. The molecule has 0 radical (unpaired) electrons. The standard InChI is InChI=1S/C13H6ClF2N/c14-13-10(2-1-3-11(13)15)9-5-4-8(7-17)6-12(9)16/h1-6H. The first-order chi connectivity index (χ1) is 8.13. The summed E-state index contributed by atoms with van der Waals surface area (Å²) in [6.45, 7) is 0. The van der Waals surface area contributed by atoms with Crippen LogP contribution in [0.4, 0.5) is 8.78 Å². The summed E-state index contributed by atoms with van der Waals surface area (Å²) in [4.78, 5) is 0. The zero-order chi connectivity index (χ0) is 12.4. The molecule has 84 valence electrons. The van der Waals surface area contributed by atoms with Gasteiger partial charge in [-0.2, -0.15) is 5.26 Å². The van der Waals surface area contributed by atoms with Crippen LogP contribution in [0.3, 0.4) is 0 Å². The molecule has 0 bridgehead atoms. The zero-order valence-corrected chi connectivity index (χ0v) is 9.30. The molecular weight excluding hydrogens is 244 g/mol. The lowest BCUT2D eigenvalue weighted by Crippen LogP contribution is -1.89. The van der Waals surface area contributed by atoms with Gasteiger partial charge in [0.05, 0.1) is 16.7 Å². The third-order valence-corrected chi connectivity index (χ3v) is 2.72. The molecule has 0 saturated carbocycles. The molecular formula is C13H6ClF2N. The van der Waals surface area contributed by atoms with Gasteiger partial charge in [-0.05, 0) is 18.2 Å². The SMILES string of the molecule is N#Cc1ccc(-c2cccc(F)c2Cl)c(F)c1. The Labute approximate surface area is 102 Å². The molecule has 17 heavy (non-hydrogen) atoms. The van der Waals surface area contributed by atoms with Crippen molar-refractivity contribution < 1.29 is 8.78 Å². The first-order valence-electron chi connectivity index (χ1n) is 4.77. The number of hydrogen-bond acceptors (Lipinski definition) is 1. The van der Waals surface area contributed by atoms with Crippen molar-refractivity contribution >= 4 is 11.6 Å². The van der Waals surface area contributed by atoms with Crippen LogP contribution in [-0.2, 0) is 0 Å². The second kappa shape index (κ2) is 4.52. The summed E-state index contributed by atoms with van der Waals surface area (Å²) in [5.41, 5.74) is 0.654. The summed E-state index contributed by atoms with van der Waals surface area (Å²) in [6, 6.07) is 9.97. The smallest absolute Gasteiger partial charge is 0.142 e. The fourth-order valence-corrected chi connectivity index (χ4v) is 1.74. The van der Waals surface area contributed by atoms with E-state index in [4.69, 9.17) is 16.9 Å². The van der Waals surface area contributed by atoms with Crippen molar-refractivity contribution in [1.29, 1.82) is 5.26 Å². The van der Waals surface area contributed by atoms with Crippen LogP contribution in [0, 0.1) is 23.0 Å². The maximum absolute atomic E-state index is 13.7. The maximum Gasteiger partial charge on any atom is 0.142 e. The Balaban J connectivity index is 2.62. The van der Waals surface area contributed by atoms with Crippen molar-refractivity contribution in [1.82, 2.24) is 0 Å². The molecule has 1 nitrogen and oxygen atoms in total. The van der Waals surface area contributed by atoms with Crippen LogP contribution in [0.1, 0.15) is 5.56 Å². The highest BCUT2D eigenvalue weighted by molar-refractivity contribution is 6.33. The van der Waals surface area contributed by atoms with Gasteiger partial charge in [0, 0.05) is 11.1 Å². The minimum absolute atomic E-state index is 0.129. The van der Waals surface area contributed by atoms with E-state index >= 15 is 0 Å². The van der Waals surface area contributed by atoms with Gasteiger partial charge in [-0.1, -0.05) is 29.8 Å². The molecule has 0 amide bonds. The Kier molecular flexibility index (Phi) is 3.08. The van der Waals surface area contributed by atoms with E-state index in [0.29, 0.717) is 0 Å². The second-order valence-corrected chi connectivity index (χ2v) is 3.79. The van der Waals surface area contributed by atoms with E-state index in [1.165, 1.54) is 30.3 Å². The van der Waals surface area contributed by atoms with Gasteiger partial charge in [-0.3, -0.25) is 0 Å². The summed E-state index contributed by atoms with van der Waals surface area (Å²) in [5.74, 6) is -1.20. The van der Waals surface area contributed by atoms with Gasteiger partial charge in [-0.15, -0.1) is 0 Å². The Bertz CT molecular complexity index is 617. The van der Waals surface area contributed by atoms with Crippen LogP contribution in [0.5, 0.6) is 0 Å². The molecule has 0 heterocycles. The third-order valence-electron chi connectivity index (χ3n) is 2.34. The first-order valence-corrected chi connectivity index (χ1v) is 5.15. The van der Waals surface area contributed by atoms with Gasteiger partial charge in [0.25, 0.3) is 0 Å².